The summed E-state index contributed by atoms with van der Waals surface area (Å²) in [6.07, 6.45) is 4.58. The molecule has 1 aromatic carbocycles. The minimum Gasteiger partial charge on any atom is -0.353 e. The predicted octanol–water partition coefficient (Wildman–Crippen LogP) is 2.56. The molecule has 0 saturated heterocycles. The molecule has 1 aliphatic rings. The molecular formula is C21H29N3O3. The van der Waals surface area contributed by atoms with Crippen LogP contribution in [0.2, 0.25) is 0 Å². The first-order chi connectivity index (χ1) is 12.8. The van der Waals surface area contributed by atoms with Crippen LogP contribution in [-0.4, -0.2) is 42.8 Å². The molecule has 27 heavy (non-hydrogen) atoms. The van der Waals surface area contributed by atoms with Crippen molar-refractivity contribution in [3.05, 3.63) is 42.0 Å². The van der Waals surface area contributed by atoms with Crippen molar-refractivity contribution in [2.75, 3.05) is 25.5 Å². The normalized spacial score (nSPS) is 15.1. The van der Waals surface area contributed by atoms with E-state index in [4.69, 9.17) is 0 Å². The summed E-state index contributed by atoms with van der Waals surface area (Å²) in [4.78, 5) is 37.9. The van der Waals surface area contributed by atoms with E-state index in [-0.39, 0.29) is 30.8 Å². The molecule has 1 aliphatic carbocycles. The van der Waals surface area contributed by atoms with E-state index in [1.54, 1.807) is 7.05 Å². The van der Waals surface area contributed by atoms with Gasteiger partial charge in [-0.05, 0) is 56.0 Å². The first-order valence-electron chi connectivity index (χ1n) is 9.30. The minimum atomic E-state index is -0.602. The summed E-state index contributed by atoms with van der Waals surface area (Å²) in [5.74, 6) is -0.648. The van der Waals surface area contributed by atoms with Gasteiger partial charge in [-0.25, -0.2) is 0 Å². The maximum absolute atomic E-state index is 13.0. The fourth-order valence-corrected chi connectivity index (χ4v) is 3.39. The molecule has 0 spiro atoms. The van der Waals surface area contributed by atoms with Crippen LogP contribution in [0.3, 0.4) is 0 Å². The van der Waals surface area contributed by atoms with Gasteiger partial charge in [-0.3, -0.25) is 14.4 Å². The van der Waals surface area contributed by atoms with Crippen molar-refractivity contribution >= 4 is 23.4 Å². The maximum atomic E-state index is 13.0. The van der Waals surface area contributed by atoms with E-state index in [0.29, 0.717) is 0 Å². The van der Waals surface area contributed by atoms with Gasteiger partial charge in [0.1, 0.15) is 0 Å². The first-order valence-corrected chi connectivity index (χ1v) is 9.30. The Balaban J connectivity index is 2.00. The molecule has 6 heteroatoms. The van der Waals surface area contributed by atoms with Crippen LogP contribution in [0.1, 0.15) is 36.8 Å². The van der Waals surface area contributed by atoms with Crippen LogP contribution in [0, 0.1) is 19.3 Å². The van der Waals surface area contributed by atoms with Crippen LogP contribution in [0.4, 0.5) is 5.69 Å². The van der Waals surface area contributed by atoms with E-state index in [1.807, 2.05) is 32.0 Å². The Labute approximate surface area is 161 Å². The topological polar surface area (TPSA) is 78.5 Å². The van der Waals surface area contributed by atoms with Crippen molar-refractivity contribution in [1.29, 1.82) is 0 Å². The lowest BCUT2D eigenvalue weighted by atomic mass is 9.84. The second-order valence-electron chi connectivity index (χ2n) is 7.42. The number of hydrogen-bond donors (Lipinski definition) is 2. The highest BCUT2D eigenvalue weighted by Gasteiger charge is 2.41. The zero-order valence-corrected chi connectivity index (χ0v) is 16.4. The van der Waals surface area contributed by atoms with Gasteiger partial charge in [0.15, 0.2) is 0 Å². The highest BCUT2D eigenvalue weighted by Crippen LogP contribution is 2.38. The van der Waals surface area contributed by atoms with Crippen molar-refractivity contribution in [3.8, 4) is 0 Å². The second-order valence-corrected chi connectivity index (χ2v) is 7.42. The van der Waals surface area contributed by atoms with Gasteiger partial charge in [-0.2, -0.15) is 0 Å². The number of carbonyl (C=O) groups is 3. The summed E-state index contributed by atoms with van der Waals surface area (Å²) in [5.41, 5.74) is 2.47. The summed E-state index contributed by atoms with van der Waals surface area (Å²) in [6, 6.07) is 5.85. The van der Waals surface area contributed by atoms with Crippen molar-refractivity contribution in [2.45, 2.75) is 39.5 Å². The number of nitrogens with zero attached hydrogens (tertiary/aromatic N) is 1. The second kappa shape index (κ2) is 8.84. The number of hydrogen-bond acceptors (Lipinski definition) is 3. The highest BCUT2D eigenvalue weighted by molar-refractivity contribution is 5.96. The van der Waals surface area contributed by atoms with E-state index in [1.165, 1.54) is 16.5 Å². The van der Waals surface area contributed by atoms with Crippen LogP contribution in [0.15, 0.2) is 30.9 Å². The average molecular weight is 371 g/mol. The molecule has 1 saturated carbocycles. The van der Waals surface area contributed by atoms with Crippen LogP contribution in [0.5, 0.6) is 0 Å². The molecule has 2 N–H and O–H groups in total. The van der Waals surface area contributed by atoms with Crippen molar-refractivity contribution in [3.63, 3.8) is 0 Å². The third-order valence-electron chi connectivity index (χ3n) is 5.36. The molecular weight excluding hydrogens is 342 g/mol. The summed E-state index contributed by atoms with van der Waals surface area (Å²) < 4.78 is 0. The van der Waals surface area contributed by atoms with Crippen molar-refractivity contribution < 1.29 is 14.4 Å². The molecule has 0 atom stereocenters. The molecule has 6 nitrogen and oxygen atoms in total. The van der Waals surface area contributed by atoms with Crippen LogP contribution in [0.25, 0.3) is 0 Å². The number of rotatable bonds is 7. The highest BCUT2D eigenvalue weighted by atomic mass is 16.2. The van der Waals surface area contributed by atoms with E-state index < -0.39 is 5.41 Å². The molecule has 0 bridgehead atoms. The van der Waals surface area contributed by atoms with Crippen LogP contribution >= 0.6 is 0 Å². The molecule has 3 amide bonds. The smallest absolute Gasteiger partial charge is 0.246 e. The Kier molecular flexibility index (Phi) is 6.77. The van der Waals surface area contributed by atoms with E-state index in [0.717, 1.165) is 36.9 Å². The van der Waals surface area contributed by atoms with E-state index in [2.05, 4.69) is 17.2 Å². The predicted molar refractivity (Wildman–Crippen MR) is 106 cm³/mol. The van der Waals surface area contributed by atoms with Gasteiger partial charge in [-0.1, -0.05) is 25.5 Å². The Bertz CT molecular complexity index is 736. The Morgan fingerprint density at radius 2 is 1.85 bits per heavy atom. The van der Waals surface area contributed by atoms with Crippen LogP contribution in [-0.2, 0) is 14.4 Å². The Morgan fingerprint density at radius 1 is 1.19 bits per heavy atom. The summed E-state index contributed by atoms with van der Waals surface area (Å²) >= 11 is 0. The number of aryl methyl sites for hydroxylation is 2. The molecule has 1 fully saturated rings. The maximum Gasteiger partial charge on any atom is 0.246 e. The van der Waals surface area contributed by atoms with Gasteiger partial charge in [0.2, 0.25) is 17.7 Å². The van der Waals surface area contributed by atoms with Gasteiger partial charge in [-0.15, -0.1) is 0 Å². The van der Waals surface area contributed by atoms with Gasteiger partial charge in [0.05, 0.1) is 12.0 Å². The summed E-state index contributed by atoms with van der Waals surface area (Å²) in [5, 5.41) is 5.85. The monoisotopic (exact) mass is 371 g/mol. The first kappa shape index (κ1) is 20.7. The zero-order valence-electron chi connectivity index (χ0n) is 16.4. The summed E-state index contributed by atoms with van der Waals surface area (Å²) in [6.45, 7) is 7.67. The molecule has 0 aliphatic heterocycles. The average Bonchev–Trinajstić information content (AvgIpc) is 3.12. The largest absolute Gasteiger partial charge is 0.353 e. The van der Waals surface area contributed by atoms with E-state index in [9.17, 15) is 14.4 Å². The molecule has 0 aromatic heterocycles. The van der Waals surface area contributed by atoms with Crippen LogP contribution < -0.4 is 10.6 Å². The van der Waals surface area contributed by atoms with Crippen molar-refractivity contribution in [1.82, 2.24) is 10.2 Å². The Morgan fingerprint density at radius 3 is 2.44 bits per heavy atom. The summed E-state index contributed by atoms with van der Waals surface area (Å²) in [7, 11) is 1.54. The van der Waals surface area contributed by atoms with E-state index >= 15 is 0 Å². The number of anilines is 1. The fraction of sp³-hybridized carbons (Fsp3) is 0.476. The Hall–Kier alpha value is -2.63. The number of benzene rings is 1. The van der Waals surface area contributed by atoms with Gasteiger partial charge in [0, 0.05) is 19.3 Å². The van der Waals surface area contributed by atoms with Crippen molar-refractivity contribution in [2.24, 2.45) is 5.41 Å². The molecule has 0 radical (unpaired) electrons. The molecule has 0 unspecified atom stereocenters. The quantitative estimate of drug-likeness (QED) is 0.723. The number of carbonyl (C=O) groups excluding carboxylic acids is 3. The number of amides is 3. The van der Waals surface area contributed by atoms with Gasteiger partial charge in [0.25, 0.3) is 0 Å². The lowest BCUT2D eigenvalue weighted by Gasteiger charge is -2.28. The molecule has 2 rings (SSSR count). The third-order valence-corrected chi connectivity index (χ3v) is 5.36. The SMILES string of the molecule is C=CC(=O)N(C)CC(=O)NCC1(C(=O)Nc2ccc(C)c(C)c2)CCCC1. The molecule has 0 heterocycles. The number of nitrogens with one attached hydrogen (secondary N) is 2. The fourth-order valence-electron chi connectivity index (χ4n) is 3.39. The lowest BCUT2D eigenvalue weighted by molar-refractivity contribution is -0.132. The molecule has 1 aromatic rings. The lowest BCUT2D eigenvalue weighted by Crippen LogP contribution is -2.46. The number of likely N-dealkylation sites (N-methyl/N-ethyl adjacent to an activating group) is 1. The van der Waals surface area contributed by atoms with Gasteiger partial charge >= 0.3 is 0 Å². The zero-order chi connectivity index (χ0) is 20.0. The third kappa shape index (κ3) is 5.18. The minimum absolute atomic E-state index is 0.0558. The van der Waals surface area contributed by atoms with Gasteiger partial charge < -0.3 is 15.5 Å². The molecule has 146 valence electrons. The standard InChI is InChI=1S/C21H29N3O3/c1-5-19(26)24(4)13-18(25)22-14-21(10-6-7-11-21)20(27)23-17-9-8-15(2)16(3)12-17/h5,8-9,12H,1,6-7,10-11,13-14H2,2-4H3,(H,22,25)(H,23,27).